The molecule has 2 N–H and O–H groups in total. The molecule has 0 bridgehead atoms. The van der Waals surface area contributed by atoms with Crippen LogP contribution in [0.1, 0.15) is 75.6 Å². The Morgan fingerprint density at radius 2 is 1.11 bits per heavy atom. The zero-order chi connectivity index (χ0) is 19.6. The lowest BCUT2D eigenvalue weighted by Gasteiger charge is -2.33. The van der Waals surface area contributed by atoms with Gasteiger partial charge in [0.15, 0.2) is 0 Å². The van der Waals surface area contributed by atoms with Crippen LogP contribution in [0.15, 0.2) is 36.4 Å². The average Bonchev–Trinajstić information content (AvgIpc) is 2.93. The third-order valence-electron chi connectivity index (χ3n) is 6.10. The van der Waals surface area contributed by atoms with Crippen molar-refractivity contribution in [3.05, 3.63) is 58.7 Å². The molecular formula is C25H36N2. The van der Waals surface area contributed by atoms with Crippen molar-refractivity contribution in [1.82, 2.24) is 10.6 Å². The summed E-state index contributed by atoms with van der Waals surface area (Å²) in [6.45, 7) is 17.5. The lowest BCUT2D eigenvalue weighted by molar-refractivity contribution is 0.447. The summed E-state index contributed by atoms with van der Waals surface area (Å²) in [6.07, 6.45) is 0. The van der Waals surface area contributed by atoms with Gasteiger partial charge in [-0.2, -0.15) is 0 Å². The van der Waals surface area contributed by atoms with E-state index in [0.717, 1.165) is 26.2 Å². The molecular weight excluding hydrogens is 328 g/mol. The van der Waals surface area contributed by atoms with Crippen LogP contribution < -0.4 is 10.6 Å². The maximum atomic E-state index is 3.68. The molecule has 0 radical (unpaired) electrons. The fourth-order valence-corrected chi connectivity index (χ4v) is 4.37. The third kappa shape index (κ3) is 3.58. The maximum Gasteiger partial charge on any atom is 0.0463 e. The fourth-order valence-electron chi connectivity index (χ4n) is 4.37. The Labute approximate surface area is 165 Å². The quantitative estimate of drug-likeness (QED) is 0.653. The van der Waals surface area contributed by atoms with Crippen LogP contribution in [-0.4, -0.2) is 26.2 Å². The lowest BCUT2D eigenvalue weighted by Crippen LogP contribution is -2.45. The number of rotatable bonds is 8. The summed E-state index contributed by atoms with van der Waals surface area (Å²) in [7, 11) is 0. The van der Waals surface area contributed by atoms with Gasteiger partial charge in [0.1, 0.15) is 0 Å². The third-order valence-corrected chi connectivity index (χ3v) is 6.10. The minimum atomic E-state index is -0.00745. The van der Waals surface area contributed by atoms with Crippen LogP contribution in [0.4, 0.5) is 0 Å². The van der Waals surface area contributed by atoms with Gasteiger partial charge in [-0.05, 0) is 58.3 Å². The molecule has 146 valence electrons. The van der Waals surface area contributed by atoms with Gasteiger partial charge >= 0.3 is 0 Å². The van der Waals surface area contributed by atoms with E-state index in [2.05, 4.69) is 88.6 Å². The number of likely N-dealkylation sites (N-methyl/N-ethyl adjacent to an activating group) is 2. The van der Waals surface area contributed by atoms with E-state index < -0.39 is 0 Å². The first-order valence-electron chi connectivity index (χ1n) is 10.6. The first kappa shape index (κ1) is 20.1. The van der Waals surface area contributed by atoms with Crippen molar-refractivity contribution >= 4 is 0 Å². The molecule has 0 fully saturated rings. The van der Waals surface area contributed by atoms with Crippen LogP contribution in [0, 0.1) is 0 Å². The molecule has 0 saturated heterocycles. The van der Waals surface area contributed by atoms with E-state index in [0.29, 0.717) is 11.8 Å². The molecule has 0 heterocycles. The van der Waals surface area contributed by atoms with E-state index in [-0.39, 0.29) is 5.41 Å². The Bertz CT molecular complexity index is 721. The topological polar surface area (TPSA) is 24.1 Å². The van der Waals surface area contributed by atoms with Crippen molar-refractivity contribution in [2.45, 2.75) is 58.8 Å². The summed E-state index contributed by atoms with van der Waals surface area (Å²) in [6, 6.07) is 14.3. The van der Waals surface area contributed by atoms with Crippen LogP contribution in [0.5, 0.6) is 0 Å². The number of hydrogen-bond acceptors (Lipinski definition) is 2. The molecule has 27 heavy (non-hydrogen) atoms. The Kier molecular flexibility index (Phi) is 6.08. The highest BCUT2D eigenvalue weighted by molar-refractivity contribution is 5.82. The lowest BCUT2D eigenvalue weighted by atomic mass is 9.76. The van der Waals surface area contributed by atoms with Crippen LogP contribution in [-0.2, 0) is 5.41 Å². The average molecular weight is 365 g/mol. The van der Waals surface area contributed by atoms with Gasteiger partial charge in [0.05, 0.1) is 0 Å². The summed E-state index contributed by atoms with van der Waals surface area (Å²) in [5.74, 6) is 1.09. The van der Waals surface area contributed by atoms with Gasteiger partial charge in [0.2, 0.25) is 0 Å². The molecule has 0 spiro atoms. The van der Waals surface area contributed by atoms with E-state index >= 15 is 0 Å². The first-order valence-corrected chi connectivity index (χ1v) is 10.6. The summed E-state index contributed by atoms with van der Waals surface area (Å²) in [5, 5.41) is 7.36. The van der Waals surface area contributed by atoms with E-state index in [9.17, 15) is 0 Å². The Morgan fingerprint density at radius 1 is 0.704 bits per heavy atom. The van der Waals surface area contributed by atoms with E-state index in [1.54, 1.807) is 0 Å². The normalized spacial score (nSPS) is 14.7. The van der Waals surface area contributed by atoms with Gasteiger partial charge in [-0.3, -0.25) is 0 Å². The van der Waals surface area contributed by atoms with Gasteiger partial charge in [-0.25, -0.2) is 0 Å². The van der Waals surface area contributed by atoms with Crippen molar-refractivity contribution in [2.75, 3.05) is 26.2 Å². The van der Waals surface area contributed by atoms with E-state index in [4.69, 9.17) is 0 Å². The van der Waals surface area contributed by atoms with Gasteiger partial charge in [0, 0.05) is 18.5 Å². The molecule has 0 saturated carbocycles. The predicted octanol–water partition coefficient (Wildman–Crippen LogP) is 5.42. The zero-order valence-electron chi connectivity index (χ0n) is 17.9. The minimum Gasteiger partial charge on any atom is -0.316 e. The van der Waals surface area contributed by atoms with Crippen molar-refractivity contribution in [3.63, 3.8) is 0 Å². The number of fused-ring (bicyclic) bond motifs is 3. The number of nitrogens with one attached hydrogen (secondary N) is 2. The van der Waals surface area contributed by atoms with Crippen molar-refractivity contribution in [1.29, 1.82) is 0 Å². The van der Waals surface area contributed by atoms with Crippen LogP contribution in [0.25, 0.3) is 11.1 Å². The molecule has 3 rings (SSSR count). The van der Waals surface area contributed by atoms with Crippen molar-refractivity contribution in [3.8, 4) is 11.1 Å². The second kappa shape index (κ2) is 8.16. The van der Waals surface area contributed by atoms with Gasteiger partial charge in [-0.1, -0.05) is 77.9 Å². The SMILES string of the molecule is CCNCC1(CNCC)c2cc(C(C)C)ccc2-c2ccc(C(C)C)cc21. The fraction of sp³-hybridized carbons (Fsp3) is 0.520. The largest absolute Gasteiger partial charge is 0.316 e. The molecule has 0 amide bonds. The van der Waals surface area contributed by atoms with Crippen LogP contribution in [0.3, 0.4) is 0 Å². The summed E-state index contributed by atoms with van der Waals surface area (Å²) in [5.41, 5.74) is 8.68. The van der Waals surface area contributed by atoms with E-state index in [1.165, 1.54) is 33.4 Å². The maximum absolute atomic E-state index is 3.68. The summed E-state index contributed by atoms with van der Waals surface area (Å²) >= 11 is 0. The van der Waals surface area contributed by atoms with Gasteiger partial charge in [0.25, 0.3) is 0 Å². The number of hydrogen-bond donors (Lipinski definition) is 2. The zero-order valence-corrected chi connectivity index (χ0v) is 17.9. The molecule has 2 heteroatoms. The Hall–Kier alpha value is -1.64. The van der Waals surface area contributed by atoms with Crippen LogP contribution in [0.2, 0.25) is 0 Å². The molecule has 0 atom stereocenters. The van der Waals surface area contributed by atoms with Gasteiger partial charge < -0.3 is 10.6 Å². The molecule has 1 aliphatic rings. The second-order valence-corrected chi connectivity index (χ2v) is 8.56. The molecule has 0 aliphatic heterocycles. The van der Waals surface area contributed by atoms with Crippen LogP contribution >= 0.6 is 0 Å². The molecule has 0 unspecified atom stereocenters. The van der Waals surface area contributed by atoms with Crippen molar-refractivity contribution < 1.29 is 0 Å². The molecule has 2 aromatic rings. The monoisotopic (exact) mass is 364 g/mol. The predicted molar refractivity (Wildman–Crippen MR) is 118 cm³/mol. The standard InChI is InChI=1S/C25H36N2/c1-7-26-15-25(16-27-8-2)23-13-19(17(3)4)9-11-21(23)22-12-10-20(18(5)6)14-24(22)25/h9-14,17-18,26-27H,7-8,15-16H2,1-6H3. The summed E-state index contributed by atoms with van der Waals surface area (Å²) in [4.78, 5) is 0. The minimum absolute atomic E-state index is 0.00745. The Morgan fingerprint density at radius 3 is 1.44 bits per heavy atom. The smallest absolute Gasteiger partial charge is 0.0463 e. The molecule has 2 nitrogen and oxygen atoms in total. The molecule has 2 aromatic carbocycles. The first-order chi connectivity index (χ1) is 12.9. The number of benzene rings is 2. The second-order valence-electron chi connectivity index (χ2n) is 8.56. The van der Waals surface area contributed by atoms with E-state index in [1.807, 2.05) is 0 Å². The van der Waals surface area contributed by atoms with Crippen molar-refractivity contribution in [2.24, 2.45) is 0 Å². The molecule has 1 aliphatic carbocycles. The Balaban J connectivity index is 2.25. The summed E-state index contributed by atoms with van der Waals surface area (Å²) < 4.78 is 0. The highest BCUT2D eigenvalue weighted by Crippen LogP contribution is 2.50. The highest BCUT2D eigenvalue weighted by Gasteiger charge is 2.43. The van der Waals surface area contributed by atoms with Gasteiger partial charge in [-0.15, -0.1) is 0 Å². The molecule has 0 aromatic heterocycles. The highest BCUT2D eigenvalue weighted by atomic mass is 14.9.